The van der Waals surface area contributed by atoms with Gasteiger partial charge in [0.05, 0.1) is 40.6 Å². The molecule has 0 spiro atoms. The number of esters is 2. The molecule has 13 heteroatoms. The van der Waals surface area contributed by atoms with Gasteiger partial charge in [-0.25, -0.2) is 18.4 Å². The second kappa shape index (κ2) is 25.2. The van der Waals surface area contributed by atoms with Crippen LogP contribution in [0.25, 0.3) is 0 Å². The Morgan fingerprint density at radius 3 is 1.33 bits per heavy atom. The molecule has 0 aliphatic rings. The molecule has 0 aliphatic carbocycles. The number of nitro benzene ring substituents is 1. The van der Waals surface area contributed by atoms with Crippen molar-refractivity contribution in [3.8, 4) is 23.0 Å². The van der Waals surface area contributed by atoms with Gasteiger partial charge in [0.15, 0.2) is 23.1 Å². The maximum Gasteiger partial charge on any atom is 0.353 e. The topological polar surface area (TPSA) is 139 Å². The van der Waals surface area contributed by atoms with Crippen molar-refractivity contribution in [3.05, 3.63) is 147 Å². The van der Waals surface area contributed by atoms with E-state index in [-0.39, 0.29) is 22.6 Å². The number of unbranched alkanes of at least 4 members (excludes halogenated alkanes) is 10. The lowest BCUT2D eigenvalue weighted by molar-refractivity contribution is -0.386. The largest absolute Gasteiger partial charge is 0.491 e. The van der Waals surface area contributed by atoms with E-state index in [1.165, 1.54) is 106 Å². The lowest BCUT2D eigenvalue weighted by atomic mass is 10.1. The zero-order valence-electron chi connectivity index (χ0n) is 35.7. The third kappa shape index (κ3) is 15.3. The molecule has 0 aromatic heterocycles. The summed E-state index contributed by atoms with van der Waals surface area (Å²) < 4.78 is 51.3. The van der Waals surface area contributed by atoms with E-state index in [2.05, 4.69) is 23.8 Å². The molecule has 63 heavy (non-hydrogen) atoms. The van der Waals surface area contributed by atoms with Crippen molar-refractivity contribution in [2.24, 2.45) is 9.98 Å². The fourth-order valence-electron chi connectivity index (χ4n) is 6.38. The molecule has 0 heterocycles. The highest BCUT2D eigenvalue weighted by Crippen LogP contribution is 2.37. The number of ether oxygens (including phenoxy) is 4. The second-order valence-electron chi connectivity index (χ2n) is 14.9. The van der Waals surface area contributed by atoms with Crippen LogP contribution in [0.1, 0.15) is 123 Å². The third-order valence-electron chi connectivity index (χ3n) is 9.91. The Hall–Kier alpha value is -6.76. The summed E-state index contributed by atoms with van der Waals surface area (Å²) in [6.45, 7) is 5.23. The molecule has 0 atom stereocenters. The number of carbonyl (C=O) groups is 2. The van der Waals surface area contributed by atoms with E-state index in [1.807, 2.05) is 0 Å². The van der Waals surface area contributed by atoms with E-state index in [4.69, 9.17) is 18.9 Å². The van der Waals surface area contributed by atoms with Gasteiger partial charge in [0.2, 0.25) is 11.5 Å². The number of benzene rings is 5. The Morgan fingerprint density at radius 2 is 0.952 bits per heavy atom. The van der Waals surface area contributed by atoms with Crippen LogP contribution in [0.2, 0.25) is 0 Å². The van der Waals surface area contributed by atoms with Gasteiger partial charge in [0, 0.05) is 24.6 Å². The molecule has 5 aromatic rings. The fraction of sp³-hybridized carbons (Fsp3) is 0.320. The Bertz CT molecular complexity index is 2180. The van der Waals surface area contributed by atoms with Crippen LogP contribution in [0.3, 0.4) is 0 Å². The first-order valence-corrected chi connectivity index (χ1v) is 21.5. The summed E-state index contributed by atoms with van der Waals surface area (Å²) in [5.74, 6) is -3.32. The number of nitrogens with zero attached hydrogens (tertiary/aromatic N) is 3. The Kier molecular flexibility index (Phi) is 18.9. The molecule has 0 radical (unpaired) electrons. The van der Waals surface area contributed by atoms with Gasteiger partial charge in [0.1, 0.15) is 0 Å². The molecule has 11 nitrogen and oxygen atoms in total. The van der Waals surface area contributed by atoms with Gasteiger partial charge >= 0.3 is 17.6 Å². The summed E-state index contributed by atoms with van der Waals surface area (Å²) in [5.41, 5.74) is 1.39. The summed E-state index contributed by atoms with van der Waals surface area (Å²) in [7, 11) is 0. The molecule has 0 amide bonds. The predicted octanol–water partition coefficient (Wildman–Crippen LogP) is 13.3. The highest BCUT2D eigenvalue weighted by molar-refractivity contribution is 5.94. The first-order chi connectivity index (χ1) is 30.6. The Labute approximate surface area is 367 Å². The van der Waals surface area contributed by atoms with E-state index < -0.39 is 45.7 Å². The van der Waals surface area contributed by atoms with Crippen molar-refractivity contribution in [2.45, 2.75) is 90.9 Å². The van der Waals surface area contributed by atoms with E-state index in [0.717, 1.165) is 38.5 Å². The number of halogens is 2. The van der Waals surface area contributed by atoms with Crippen LogP contribution < -0.4 is 18.9 Å². The number of aliphatic imine (C=N–C) groups is 2. The maximum absolute atomic E-state index is 14.6. The zero-order chi connectivity index (χ0) is 44.8. The lowest BCUT2D eigenvalue weighted by Crippen LogP contribution is -2.12. The van der Waals surface area contributed by atoms with Gasteiger partial charge in [-0.2, -0.15) is 0 Å². The monoisotopic (exact) mass is 861 g/mol. The van der Waals surface area contributed by atoms with Crippen molar-refractivity contribution in [2.75, 3.05) is 13.2 Å². The average Bonchev–Trinajstić information content (AvgIpc) is 3.28. The normalized spacial score (nSPS) is 11.2. The molecule has 0 saturated heterocycles. The van der Waals surface area contributed by atoms with E-state index in [0.29, 0.717) is 35.7 Å². The van der Waals surface area contributed by atoms with Crippen LogP contribution in [0.5, 0.6) is 23.0 Å². The SMILES string of the molecule is CCCCCCCCOc1ccc(N=Cc2ccc(C(=O)Oc3cccc(OC(=O)c4ccc(C=Nc5ccc(OCCCCCCCC)c(F)c5)cc4)c3[N+](=O)[O-])cc2)cc1F. The first kappa shape index (κ1) is 47.3. The molecule has 0 saturated carbocycles. The van der Waals surface area contributed by atoms with Gasteiger partial charge < -0.3 is 18.9 Å². The van der Waals surface area contributed by atoms with Gasteiger partial charge in [-0.15, -0.1) is 0 Å². The van der Waals surface area contributed by atoms with Crippen molar-refractivity contribution < 1.29 is 42.2 Å². The van der Waals surface area contributed by atoms with Crippen LogP contribution in [0.15, 0.2) is 113 Å². The molecular formula is C50H53F2N3O8. The van der Waals surface area contributed by atoms with Gasteiger partial charge in [-0.1, -0.05) is 108 Å². The van der Waals surface area contributed by atoms with E-state index in [9.17, 15) is 28.5 Å². The summed E-state index contributed by atoms with van der Waals surface area (Å²) in [4.78, 5) is 46.1. The number of hydrogen-bond donors (Lipinski definition) is 0. The highest BCUT2D eigenvalue weighted by Gasteiger charge is 2.27. The summed E-state index contributed by atoms with van der Waals surface area (Å²) >= 11 is 0. The molecule has 0 aliphatic heterocycles. The molecular weight excluding hydrogens is 809 g/mol. The van der Waals surface area contributed by atoms with Crippen molar-refractivity contribution >= 4 is 41.4 Å². The van der Waals surface area contributed by atoms with Gasteiger partial charge in [0.25, 0.3) is 0 Å². The molecule has 0 N–H and O–H groups in total. The Balaban J connectivity index is 1.13. The van der Waals surface area contributed by atoms with Gasteiger partial charge in [-0.05, 0) is 84.6 Å². The molecule has 0 unspecified atom stereocenters. The van der Waals surface area contributed by atoms with Crippen LogP contribution >= 0.6 is 0 Å². The minimum Gasteiger partial charge on any atom is -0.491 e. The van der Waals surface area contributed by atoms with Crippen LogP contribution in [-0.2, 0) is 0 Å². The Morgan fingerprint density at radius 1 is 0.556 bits per heavy atom. The molecule has 5 aromatic carbocycles. The minimum absolute atomic E-state index is 0.0837. The first-order valence-electron chi connectivity index (χ1n) is 21.5. The average molecular weight is 862 g/mol. The number of nitro groups is 1. The van der Waals surface area contributed by atoms with Gasteiger partial charge in [-0.3, -0.25) is 20.1 Å². The molecule has 0 bridgehead atoms. The summed E-state index contributed by atoms with van der Waals surface area (Å²) in [6, 6.07) is 24.9. The maximum atomic E-state index is 14.6. The summed E-state index contributed by atoms with van der Waals surface area (Å²) in [5, 5.41) is 12.2. The number of rotatable bonds is 25. The number of hydrogen-bond acceptors (Lipinski definition) is 10. The standard InChI is InChI=1S/C50H53F2N3O8/c1-3-5-7-9-11-13-30-60-44-28-26-40(32-42(44)51)53-34-36-18-22-38(23-19-36)49(56)62-46-16-15-17-47(48(46)55(58)59)63-50(57)39-24-20-37(21-25-39)35-54-41-27-29-45(43(52)33-41)61-31-14-12-10-8-6-4-2/h15-29,32-35H,3-14,30-31H2,1-2H3. The van der Waals surface area contributed by atoms with Crippen LogP contribution in [0.4, 0.5) is 25.8 Å². The van der Waals surface area contributed by atoms with E-state index >= 15 is 0 Å². The quantitative estimate of drug-likeness (QED) is 0.0141. The van der Waals surface area contributed by atoms with Crippen molar-refractivity contribution in [3.63, 3.8) is 0 Å². The predicted molar refractivity (Wildman–Crippen MR) is 241 cm³/mol. The van der Waals surface area contributed by atoms with E-state index in [1.54, 1.807) is 48.5 Å². The molecule has 330 valence electrons. The third-order valence-corrected chi connectivity index (χ3v) is 9.91. The lowest BCUT2D eigenvalue weighted by Gasteiger charge is -2.09. The zero-order valence-corrected chi connectivity index (χ0v) is 35.7. The van der Waals surface area contributed by atoms with Crippen molar-refractivity contribution in [1.29, 1.82) is 0 Å². The highest BCUT2D eigenvalue weighted by atomic mass is 19.1. The van der Waals surface area contributed by atoms with Crippen molar-refractivity contribution in [1.82, 2.24) is 0 Å². The van der Waals surface area contributed by atoms with Crippen LogP contribution in [0, 0.1) is 21.7 Å². The number of para-hydroxylation sites is 1. The summed E-state index contributed by atoms with van der Waals surface area (Å²) in [6.07, 6.45) is 16.3. The second-order valence-corrected chi connectivity index (χ2v) is 14.9. The van der Waals surface area contributed by atoms with Crippen LogP contribution in [-0.4, -0.2) is 42.5 Å². The fourth-order valence-corrected chi connectivity index (χ4v) is 6.38. The number of carbonyl (C=O) groups excluding carboxylic acids is 2. The smallest absolute Gasteiger partial charge is 0.353 e. The molecule has 5 rings (SSSR count). The minimum atomic E-state index is -0.892. The molecule has 0 fully saturated rings.